The fourth-order valence-electron chi connectivity index (χ4n) is 5.34. The van der Waals surface area contributed by atoms with E-state index in [1.54, 1.807) is 0 Å². The van der Waals surface area contributed by atoms with Crippen molar-refractivity contribution in [1.82, 2.24) is 5.32 Å². The van der Waals surface area contributed by atoms with Crippen LogP contribution in [0.2, 0.25) is 0 Å². The Kier molecular flexibility index (Phi) is 4.86. The third kappa shape index (κ3) is 3.16. The van der Waals surface area contributed by atoms with Crippen molar-refractivity contribution in [2.75, 3.05) is 7.11 Å². The first-order valence-electron chi connectivity index (χ1n) is 8.70. The molecule has 4 nitrogen and oxygen atoms in total. The number of carbonyl (C=O) groups is 1. The standard InChI is InChI=1S/C19H25NO3.CH4/c1-22-19-9-14-7-15(10-19)17(16(8-14)11-19)20-18(21)23-12-13-5-3-2-4-6-13;/h2-6,14-17H,7-12H2,1H3,(H,20,21);1H4/t14?,15-,16+,17?,19?;. The van der Waals surface area contributed by atoms with E-state index < -0.39 is 0 Å². The van der Waals surface area contributed by atoms with Gasteiger partial charge in [0.2, 0.25) is 0 Å². The number of carbonyl (C=O) groups excluding carboxylic acids is 1. The number of nitrogens with one attached hydrogen (secondary N) is 1. The molecule has 4 bridgehead atoms. The molecule has 0 aromatic heterocycles. The topological polar surface area (TPSA) is 47.6 Å². The lowest BCUT2D eigenvalue weighted by molar-refractivity contribution is -0.156. The van der Waals surface area contributed by atoms with Crippen LogP contribution in [0.25, 0.3) is 0 Å². The van der Waals surface area contributed by atoms with Crippen molar-refractivity contribution in [1.29, 1.82) is 0 Å². The first kappa shape index (κ1) is 17.3. The third-order valence-electron chi connectivity index (χ3n) is 6.15. The van der Waals surface area contributed by atoms with Gasteiger partial charge in [0.05, 0.1) is 5.60 Å². The van der Waals surface area contributed by atoms with Crippen molar-refractivity contribution < 1.29 is 14.3 Å². The first-order valence-corrected chi connectivity index (χ1v) is 8.70. The van der Waals surface area contributed by atoms with Crippen molar-refractivity contribution in [3.63, 3.8) is 0 Å². The summed E-state index contributed by atoms with van der Waals surface area (Å²) in [5.41, 5.74) is 1.11. The van der Waals surface area contributed by atoms with Gasteiger partial charge in [0.25, 0.3) is 0 Å². The van der Waals surface area contributed by atoms with Crippen molar-refractivity contribution in [2.24, 2.45) is 17.8 Å². The average Bonchev–Trinajstić information content (AvgIpc) is 2.57. The summed E-state index contributed by atoms with van der Waals surface area (Å²) < 4.78 is 11.3. The second-order valence-electron chi connectivity index (χ2n) is 7.59. The van der Waals surface area contributed by atoms with Crippen molar-refractivity contribution in [3.8, 4) is 0 Å². The van der Waals surface area contributed by atoms with E-state index in [9.17, 15) is 4.79 Å². The number of rotatable bonds is 4. The van der Waals surface area contributed by atoms with E-state index in [1.807, 2.05) is 37.4 Å². The smallest absolute Gasteiger partial charge is 0.407 e. The number of methoxy groups -OCH3 is 1. The Balaban J connectivity index is 0.00000169. The second kappa shape index (κ2) is 6.75. The van der Waals surface area contributed by atoms with Gasteiger partial charge < -0.3 is 14.8 Å². The number of hydrogen-bond acceptors (Lipinski definition) is 3. The van der Waals surface area contributed by atoms with Gasteiger partial charge >= 0.3 is 6.09 Å². The SMILES string of the molecule is C.COC12CC3C[C@H](C1)C(NC(=O)OCc1ccccc1)[C@@H](C3)C2. The molecule has 0 saturated heterocycles. The van der Waals surface area contributed by atoms with Crippen LogP contribution in [0.5, 0.6) is 0 Å². The largest absolute Gasteiger partial charge is 0.445 e. The zero-order valence-corrected chi connectivity index (χ0v) is 13.7. The summed E-state index contributed by atoms with van der Waals surface area (Å²) in [6.07, 6.45) is 5.55. The highest BCUT2D eigenvalue weighted by Crippen LogP contribution is 2.56. The fourth-order valence-corrected chi connectivity index (χ4v) is 5.34. The number of benzene rings is 1. The molecule has 4 aliphatic rings. The molecule has 1 amide bonds. The zero-order valence-electron chi connectivity index (χ0n) is 13.7. The summed E-state index contributed by atoms with van der Waals surface area (Å²) in [5, 5.41) is 3.16. The lowest BCUT2D eigenvalue weighted by Crippen LogP contribution is -2.62. The molecule has 3 unspecified atom stereocenters. The Labute approximate surface area is 144 Å². The van der Waals surface area contributed by atoms with Crippen molar-refractivity contribution >= 4 is 6.09 Å². The highest BCUT2D eigenvalue weighted by molar-refractivity contribution is 5.67. The van der Waals surface area contributed by atoms with E-state index in [2.05, 4.69) is 5.32 Å². The molecule has 1 aromatic carbocycles. The minimum atomic E-state index is -0.280. The van der Waals surface area contributed by atoms with E-state index in [-0.39, 0.29) is 25.2 Å². The number of ether oxygens (including phenoxy) is 2. The predicted molar refractivity (Wildman–Crippen MR) is 93.6 cm³/mol. The van der Waals surface area contributed by atoms with Crippen LogP contribution >= 0.6 is 0 Å². The van der Waals surface area contributed by atoms with Crippen LogP contribution in [0.4, 0.5) is 4.79 Å². The molecular weight excluding hydrogens is 302 g/mol. The lowest BCUT2D eigenvalue weighted by atomic mass is 9.52. The van der Waals surface area contributed by atoms with Crippen LogP contribution in [0.1, 0.15) is 45.1 Å². The minimum Gasteiger partial charge on any atom is -0.445 e. The van der Waals surface area contributed by atoms with Gasteiger partial charge in [-0.25, -0.2) is 4.79 Å². The van der Waals surface area contributed by atoms with Gasteiger partial charge in [-0.15, -0.1) is 0 Å². The summed E-state index contributed by atoms with van der Waals surface area (Å²) in [6.45, 7) is 0.333. The van der Waals surface area contributed by atoms with Crippen molar-refractivity contribution in [2.45, 2.75) is 57.8 Å². The Morgan fingerprint density at radius 3 is 2.46 bits per heavy atom. The molecule has 4 saturated carbocycles. The number of alkyl carbamates (subject to hydrolysis) is 1. The molecule has 24 heavy (non-hydrogen) atoms. The third-order valence-corrected chi connectivity index (χ3v) is 6.15. The van der Waals surface area contributed by atoms with Gasteiger partial charge in [-0.3, -0.25) is 0 Å². The van der Waals surface area contributed by atoms with E-state index in [0.717, 1.165) is 24.3 Å². The lowest BCUT2D eigenvalue weighted by Gasteiger charge is -2.59. The van der Waals surface area contributed by atoms with E-state index in [4.69, 9.17) is 9.47 Å². The molecule has 0 spiro atoms. The maximum atomic E-state index is 12.2. The maximum absolute atomic E-state index is 12.2. The minimum absolute atomic E-state index is 0. The van der Waals surface area contributed by atoms with Crippen LogP contribution in [0.3, 0.4) is 0 Å². The molecule has 4 aliphatic carbocycles. The van der Waals surface area contributed by atoms with Crippen LogP contribution < -0.4 is 5.32 Å². The maximum Gasteiger partial charge on any atom is 0.407 e. The molecule has 4 fully saturated rings. The molecule has 1 N–H and O–H groups in total. The normalized spacial score (nSPS) is 36.0. The quantitative estimate of drug-likeness (QED) is 0.902. The Morgan fingerprint density at radius 2 is 1.83 bits per heavy atom. The predicted octanol–water partition coefficient (Wildman–Crippen LogP) is 4.14. The van der Waals surface area contributed by atoms with Gasteiger partial charge in [0, 0.05) is 13.2 Å². The van der Waals surface area contributed by atoms with Crippen LogP contribution in [0, 0.1) is 17.8 Å². The molecule has 4 heteroatoms. The molecule has 5 rings (SSSR count). The van der Waals surface area contributed by atoms with Crippen LogP contribution in [-0.4, -0.2) is 24.8 Å². The zero-order chi connectivity index (χ0) is 15.9. The summed E-state index contributed by atoms with van der Waals surface area (Å²) in [5.74, 6) is 1.88. The van der Waals surface area contributed by atoms with Gasteiger partial charge in [0.15, 0.2) is 0 Å². The van der Waals surface area contributed by atoms with Crippen LogP contribution in [0.15, 0.2) is 30.3 Å². The molecule has 132 valence electrons. The molecule has 5 atom stereocenters. The molecule has 0 aliphatic heterocycles. The molecule has 0 radical (unpaired) electrons. The number of hydrogen-bond donors (Lipinski definition) is 1. The second-order valence-corrected chi connectivity index (χ2v) is 7.59. The van der Waals surface area contributed by atoms with E-state index >= 15 is 0 Å². The number of amides is 1. The highest BCUT2D eigenvalue weighted by atomic mass is 16.5. The highest BCUT2D eigenvalue weighted by Gasteiger charge is 2.56. The van der Waals surface area contributed by atoms with E-state index in [0.29, 0.717) is 18.4 Å². The average molecular weight is 331 g/mol. The van der Waals surface area contributed by atoms with Gasteiger partial charge in [-0.2, -0.15) is 0 Å². The van der Waals surface area contributed by atoms with Gasteiger partial charge in [0.1, 0.15) is 6.61 Å². The van der Waals surface area contributed by atoms with Crippen molar-refractivity contribution in [3.05, 3.63) is 35.9 Å². The Morgan fingerprint density at radius 1 is 1.17 bits per heavy atom. The van der Waals surface area contributed by atoms with Gasteiger partial charge in [-0.05, 0) is 55.4 Å². The summed E-state index contributed by atoms with van der Waals surface area (Å²) in [6, 6.07) is 10.1. The Hall–Kier alpha value is -1.55. The molecule has 1 aromatic rings. The summed E-state index contributed by atoms with van der Waals surface area (Å²) in [4.78, 5) is 12.2. The monoisotopic (exact) mass is 331 g/mol. The molecular formula is C20H29NO3. The first-order chi connectivity index (χ1) is 11.2. The summed E-state index contributed by atoms with van der Waals surface area (Å²) >= 11 is 0. The Bertz CT molecular complexity index is 558. The molecule has 0 heterocycles. The van der Waals surface area contributed by atoms with E-state index in [1.165, 1.54) is 19.3 Å². The van der Waals surface area contributed by atoms with Gasteiger partial charge in [-0.1, -0.05) is 37.8 Å². The fraction of sp³-hybridized carbons (Fsp3) is 0.650. The summed E-state index contributed by atoms with van der Waals surface area (Å²) in [7, 11) is 1.85. The van der Waals surface area contributed by atoms with Crippen LogP contribution in [-0.2, 0) is 16.1 Å².